The Labute approximate surface area is 132 Å². The first-order valence-electron chi connectivity index (χ1n) is 5.75. The number of rotatable bonds is 4. The summed E-state index contributed by atoms with van der Waals surface area (Å²) in [5.41, 5.74) is 6.22. The summed E-state index contributed by atoms with van der Waals surface area (Å²) < 4.78 is 32.0. The molecule has 3 N–H and O–H groups in total. The molecule has 0 saturated carbocycles. The molecule has 0 fully saturated rings. The van der Waals surface area contributed by atoms with Crippen LogP contribution in [0.5, 0.6) is 5.75 Å². The topological polar surface area (TPSA) is 81.4 Å². The quantitative estimate of drug-likeness (QED) is 0.831. The number of nitrogen functional groups attached to an aromatic ring is 1. The lowest BCUT2D eigenvalue weighted by Gasteiger charge is -2.11. The molecule has 5 nitrogen and oxygen atoms in total. The number of hydrogen-bond acceptors (Lipinski definition) is 4. The minimum Gasteiger partial charge on any atom is -0.495 e. The van der Waals surface area contributed by atoms with Gasteiger partial charge in [0.25, 0.3) is 10.0 Å². The molecule has 0 aliphatic carbocycles. The highest BCUT2D eigenvalue weighted by molar-refractivity contribution is 7.92. The van der Waals surface area contributed by atoms with Gasteiger partial charge in [-0.1, -0.05) is 23.2 Å². The molecule has 8 heteroatoms. The average molecular weight is 347 g/mol. The molecule has 0 unspecified atom stereocenters. The zero-order valence-electron chi connectivity index (χ0n) is 10.9. The van der Waals surface area contributed by atoms with E-state index < -0.39 is 10.0 Å². The molecule has 0 aliphatic rings. The Bertz CT molecular complexity index is 779. The first kappa shape index (κ1) is 15.8. The number of sulfonamides is 1. The van der Waals surface area contributed by atoms with E-state index in [-0.39, 0.29) is 9.92 Å². The molecule has 0 aromatic heterocycles. The maximum Gasteiger partial charge on any atom is 0.263 e. The predicted molar refractivity (Wildman–Crippen MR) is 84.7 cm³/mol. The fraction of sp³-hybridized carbons (Fsp3) is 0.0769. The molecule has 2 aromatic carbocycles. The summed E-state index contributed by atoms with van der Waals surface area (Å²) in [6.07, 6.45) is 0. The normalized spacial score (nSPS) is 11.2. The van der Waals surface area contributed by atoms with Gasteiger partial charge in [0.2, 0.25) is 0 Å². The molecule has 0 saturated heterocycles. The summed E-state index contributed by atoms with van der Waals surface area (Å²) in [5, 5.41) is 0.336. The van der Waals surface area contributed by atoms with Gasteiger partial charge in [0.1, 0.15) is 10.6 Å². The molecule has 2 aromatic rings. The van der Waals surface area contributed by atoms with Crippen molar-refractivity contribution in [2.75, 3.05) is 17.6 Å². The van der Waals surface area contributed by atoms with E-state index in [4.69, 9.17) is 33.7 Å². The largest absolute Gasteiger partial charge is 0.495 e. The number of benzene rings is 2. The van der Waals surface area contributed by atoms with Gasteiger partial charge in [0.05, 0.1) is 22.8 Å². The lowest BCUT2D eigenvalue weighted by atomic mass is 10.3. The van der Waals surface area contributed by atoms with Crippen LogP contribution >= 0.6 is 23.2 Å². The summed E-state index contributed by atoms with van der Waals surface area (Å²) in [4.78, 5) is -0.0645. The summed E-state index contributed by atoms with van der Waals surface area (Å²) >= 11 is 11.9. The van der Waals surface area contributed by atoms with Crippen molar-refractivity contribution in [3.63, 3.8) is 0 Å². The van der Waals surface area contributed by atoms with Crippen LogP contribution in [-0.2, 0) is 10.0 Å². The first-order chi connectivity index (χ1) is 9.83. The summed E-state index contributed by atoms with van der Waals surface area (Å²) in [6.45, 7) is 0. The van der Waals surface area contributed by atoms with E-state index in [2.05, 4.69) is 4.72 Å². The van der Waals surface area contributed by atoms with Crippen LogP contribution in [0.25, 0.3) is 0 Å². The maximum absolute atomic E-state index is 12.3. The summed E-state index contributed by atoms with van der Waals surface area (Å²) in [7, 11) is -2.36. The van der Waals surface area contributed by atoms with Crippen molar-refractivity contribution in [1.29, 1.82) is 0 Å². The first-order valence-corrected chi connectivity index (χ1v) is 7.99. The zero-order chi connectivity index (χ0) is 15.6. The van der Waals surface area contributed by atoms with Crippen LogP contribution in [0.2, 0.25) is 10.0 Å². The third-order valence-electron chi connectivity index (χ3n) is 2.65. The van der Waals surface area contributed by atoms with Crippen LogP contribution in [-0.4, -0.2) is 15.5 Å². The molecule has 0 heterocycles. The molecule has 2 rings (SSSR count). The van der Waals surface area contributed by atoms with Gasteiger partial charge in [0, 0.05) is 5.69 Å². The molecule has 0 spiro atoms. The van der Waals surface area contributed by atoms with Crippen molar-refractivity contribution >= 4 is 44.6 Å². The minimum absolute atomic E-state index is 0.0436. The lowest BCUT2D eigenvalue weighted by molar-refractivity contribution is 0.415. The van der Waals surface area contributed by atoms with E-state index in [1.807, 2.05) is 0 Å². The van der Waals surface area contributed by atoms with Crippen LogP contribution in [0.4, 0.5) is 11.4 Å². The Morgan fingerprint density at radius 2 is 1.81 bits per heavy atom. The van der Waals surface area contributed by atoms with Crippen LogP contribution < -0.4 is 15.2 Å². The molecule has 0 radical (unpaired) electrons. The number of nitrogens with one attached hydrogen (secondary N) is 1. The zero-order valence-corrected chi connectivity index (χ0v) is 13.3. The van der Waals surface area contributed by atoms with Gasteiger partial charge in [-0.15, -0.1) is 0 Å². The summed E-state index contributed by atoms with van der Waals surface area (Å²) in [5.74, 6) is 0.449. The Balaban J connectivity index is 2.35. The van der Waals surface area contributed by atoms with E-state index in [0.29, 0.717) is 22.1 Å². The van der Waals surface area contributed by atoms with E-state index in [9.17, 15) is 8.42 Å². The van der Waals surface area contributed by atoms with E-state index >= 15 is 0 Å². The van der Waals surface area contributed by atoms with Gasteiger partial charge in [0.15, 0.2) is 0 Å². The SMILES string of the molecule is COc1ccc(NS(=O)(=O)c2ccc(N)cc2Cl)cc1Cl. The van der Waals surface area contributed by atoms with Gasteiger partial charge in [-0.3, -0.25) is 4.72 Å². The Morgan fingerprint density at radius 3 is 2.38 bits per heavy atom. The molecule has 0 bridgehead atoms. The molecule has 0 amide bonds. The van der Waals surface area contributed by atoms with Crippen LogP contribution in [0.15, 0.2) is 41.3 Å². The van der Waals surface area contributed by atoms with Crippen LogP contribution in [0.3, 0.4) is 0 Å². The van der Waals surface area contributed by atoms with Crippen molar-refractivity contribution in [1.82, 2.24) is 0 Å². The summed E-state index contributed by atoms with van der Waals surface area (Å²) in [6, 6.07) is 8.71. The van der Waals surface area contributed by atoms with Crippen LogP contribution in [0, 0.1) is 0 Å². The van der Waals surface area contributed by atoms with Gasteiger partial charge >= 0.3 is 0 Å². The molecule has 21 heavy (non-hydrogen) atoms. The fourth-order valence-electron chi connectivity index (χ4n) is 1.68. The molecular weight excluding hydrogens is 335 g/mol. The van der Waals surface area contributed by atoms with Crippen molar-refractivity contribution < 1.29 is 13.2 Å². The van der Waals surface area contributed by atoms with Crippen LogP contribution in [0.1, 0.15) is 0 Å². The van der Waals surface area contributed by atoms with Gasteiger partial charge in [-0.2, -0.15) is 0 Å². The highest BCUT2D eigenvalue weighted by atomic mass is 35.5. The Kier molecular flexibility index (Phi) is 4.51. The molecule has 112 valence electrons. The number of methoxy groups -OCH3 is 1. The van der Waals surface area contributed by atoms with Crippen molar-refractivity contribution in [3.8, 4) is 5.75 Å². The molecular formula is C13H12Cl2N2O3S. The van der Waals surface area contributed by atoms with Crippen molar-refractivity contribution in [2.45, 2.75) is 4.90 Å². The van der Waals surface area contributed by atoms with E-state index in [0.717, 1.165) is 0 Å². The monoisotopic (exact) mass is 346 g/mol. The van der Waals surface area contributed by atoms with Gasteiger partial charge in [-0.25, -0.2) is 8.42 Å². The number of hydrogen-bond donors (Lipinski definition) is 2. The third-order valence-corrected chi connectivity index (χ3v) is 4.81. The second-order valence-electron chi connectivity index (χ2n) is 4.14. The van der Waals surface area contributed by atoms with E-state index in [1.165, 1.54) is 37.4 Å². The Morgan fingerprint density at radius 1 is 1.10 bits per heavy atom. The van der Waals surface area contributed by atoms with Crippen molar-refractivity contribution in [2.24, 2.45) is 0 Å². The second kappa shape index (κ2) is 6.01. The Hall–Kier alpha value is -1.63. The minimum atomic E-state index is -3.83. The molecule has 0 atom stereocenters. The number of ether oxygens (including phenoxy) is 1. The van der Waals surface area contributed by atoms with Gasteiger partial charge in [-0.05, 0) is 36.4 Å². The smallest absolute Gasteiger partial charge is 0.263 e. The number of halogens is 2. The van der Waals surface area contributed by atoms with Crippen molar-refractivity contribution in [3.05, 3.63) is 46.4 Å². The number of anilines is 2. The second-order valence-corrected chi connectivity index (χ2v) is 6.61. The molecule has 0 aliphatic heterocycles. The third kappa shape index (κ3) is 3.53. The highest BCUT2D eigenvalue weighted by Crippen LogP contribution is 2.30. The predicted octanol–water partition coefficient (Wildman–Crippen LogP) is 3.39. The lowest BCUT2D eigenvalue weighted by Crippen LogP contribution is -2.13. The fourth-order valence-corrected chi connectivity index (χ4v) is 3.54. The highest BCUT2D eigenvalue weighted by Gasteiger charge is 2.18. The maximum atomic E-state index is 12.3. The van der Waals surface area contributed by atoms with Gasteiger partial charge < -0.3 is 10.5 Å². The average Bonchev–Trinajstić information content (AvgIpc) is 2.37. The standard InChI is InChI=1S/C13H12Cl2N2O3S/c1-20-12-4-3-9(7-10(12)14)17-21(18,19)13-5-2-8(16)6-11(13)15/h2-7,17H,16H2,1H3. The van der Waals surface area contributed by atoms with E-state index in [1.54, 1.807) is 6.07 Å². The number of nitrogens with two attached hydrogens (primary N) is 1.